The summed E-state index contributed by atoms with van der Waals surface area (Å²) in [6.45, 7) is 21.2. The van der Waals surface area contributed by atoms with Crippen molar-refractivity contribution < 1.29 is 45.7 Å². The highest BCUT2D eigenvalue weighted by Crippen LogP contribution is 2.19. The maximum atomic E-state index is 11.1. The van der Waals surface area contributed by atoms with Crippen molar-refractivity contribution in [3.05, 3.63) is 0 Å². The van der Waals surface area contributed by atoms with E-state index in [4.69, 9.17) is 32.3 Å². The number of hydrogen-bond acceptors (Lipinski definition) is 12. The van der Waals surface area contributed by atoms with E-state index in [1.165, 1.54) is 6.92 Å². The van der Waals surface area contributed by atoms with Crippen LogP contribution in [0, 0.1) is 17.8 Å². The Morgan fingerprint density at radius 1 is 0.564 bits per heavy atom. The van der Waals surface area contributed by atoms with E-state index in [1.807, 2.05) is 81.0 Å². The Labute approximate surface area is 346 Å². The van der Waals surface area contributed by atoms with Crippen LogP contribution in [0.25, 0.3) is 0 Å². The van der Waals surface area contributed by atoms with Crippen molar-refractivity contribution in [3.63, 3.8) is 0 Å². The number of amides is 4. The highest BCUT2D eigenvalue weighted by atomic mass is 32.2. The molecular formula is C37H82N4O10S2Si2. The molecule has 0 bridgehead atoms. The zero-order valence-corrected chi connectivity index (χ0v) is 41.1. The second-order valence-corrected chi connectivity index (χ2v) is 22.3. The van der Waals surface area contributed by atoms with E-state index in [9.17, 15) is 19.2 Å². The first kappa shape index (κ1) is 60.5. The third-order valence-corrected chi connectivity index (χ3v) is 16.4. The molecular weight excluding hydrogens is 781 g/mol. The van der Waals surface area contributed by atoms with Gasteiger partial charge < -0.3 is 48.2 Å². The average molecular weight is 863 g/mol. The van der Waals surface area contributed by atoms with E-state index < -0.39 is 17.6 Å². The molecule has 0 heterocycles. The van der Waals surface area contributed by atoms with Gasteiger partial charge in [-0.05, 0) is 71.8 Å². The average Bonchev–Trinajstić information content (AvgIpc) is 3.14. The third-order valence-electron chi connectivity index (χ3n) is 8.06. The molecule has 18 heteroatoms. The molecule has 0 aliphatic heterocycles. The van der Waals surface area contributed by atoms with Crippen LogP contribution in [-0.4, -0.2) is 125 Å². The highest BCUT2D eigenvalue weighted by Gasteiger charge is 2.37. The molecule has 5 N–H and O–H groups in total. The lowest BCUT2D eigenvalue weighted by Crippen LogP contribution is -2.42. The van der Waals surface area contributed by atoms with Crippen LogP contribution in [0.1, 0.15) is 102 Å². The number of carbonyl (C=O) groups is 4. The molecule has 0 spiro atoms. The second-order valence-electron chi connectivity index (χ2n) is 13.8. The number of nitrogens with two attached hydrogens (primary N) is 1. The van der Waals surface area contributed by atoms with Crippen LogP contribution in [0.4, 0.5) is 0 Å². The molecule has 4 unspecified atom stereocenters. The van der Waals surface area contributed by atoms with Gasteiger partial charge in [0.15, 0.2) is 0 Å². The molecule has 0 fully saturated rings. The van der Waals surface area contributed by atoms with E-state index >= 15 is 0 Å². The van der Waals surface area contributed by atoms with Crippen molar-refractivity contribution >= 4 is 64.8 Å². The minimum atomic E-state index is -2.42. The fourth-order valence-electron chi connectivity index (χ4n) is 4.11. The zero-order valence-electron chi connectivity index (χ0n) is 37.5. The summed E-state index contributed by atoms with van der Waals surface area (Å²) >= 11 is 3.53. The standard InChI is InChI=1S/C11H25NO4SSi.C10H23NO4SSi.2C8H17NO/c1-10(12-11(2)13)9-17-7-6-8-18(14-3,15-4)16-5;1-9(10(11)12)8-16-6-5-7-17(13-2,14-3)15-4;2*1-5-7(4)8(10)9-6(2)3/h10H,6-9H2,1-5H3,(H,12,13);9H,5-8H2,1-4H3,(H2,11,12);2*6-7H,5H2,1-4H3,(H,9,10). The van der Waals surface area contributed by atoms with E-state index in [0.29, 0.717) is 0 Å². The lowest BCUT2D eigenvalue weighted by molar-refractivity contribution is -0.125. The predicted octanol–water partition coefficient (Wildman–Crippen LogP) is 5.74. The highest BCUT2D eigenvalue weighted by molar-refractivity contribution is 7.99. The molecule has 0 aromatic carbocycles. The Bertz CT molecular complexity index is 938. The molecule has 0 saturated heterocycles. The summed E-state index contributed by atoms with van der Waals surface area (Å²) < 4.78 is 32.0. The van der Waals surface area contributed by atoms with Crippen molar-refractivity contribution in [3.8, 4) is 0 Å². The van der Waals surface area contributed by atoms with Gasteiger partial charge in [0, 0.05) is 109 Å². The van der Waals surface area contributed by atoms with Gasteiger partial charge in [0.2, 0.25) is 23.6 Å². The molecule has 4 amide bonds. The van der Waals surface area contributed by atoms with Crippen molar-refractivity contribution in [2.45, 2.75) is 132 Å². The largest absolute Gasteiger partial charge is 0.500 e. The molecule has 0 radical (unpaired) electrons. The number of carbonyl (C=O) groups excluding carboxylic acids is 4. The molecule has 0 saturated carbocycles. The quantitative estimate of drug-likeness (QED) is 0.0612. The molecule has 0 aromatic heterocycles. The Kier molecular flexibility index (Phi) is 40.7. The summed E-state index contributed by atoms with van der Waals surface area (Å²) in [6, 6.07) is 2.34. The minimum absolute atomic E-state index is 0.0210. The van der Waals surface area contributed by atoms with Gasteiger partial charge in [-0.25, -0.2) is 0 Å². The van der Waals surface area contributed by atoms with Crippen LogP contribution in [0.5, 0.6) is 0 Å². The van der Waals surface area contributed by atoms with Gasteiger partial charge in [0.1, 0.15) is 0 Å². The minimum Gasteiger partial charge on any atom is -0.377 e. The van der Waals surface area contributed by atoms with Crippen molar-refractivity contribution in [2.75, 3.05) is 65.7 Å². The summed E-state index contributed by atoms with van der Waals surface area (Å²) in [6.07, 6.45) is 3.76. The van der Waals surface area contributed by atoms with Crippen LogP contribution in [0.15, 0.2) is 0 Å². The van der Waals surface area contributed by atoms with E-state index in [0.717, 1.165) is 60.8 Å². The monoisotopic (exact) mass is 863 g/mol. The van der Waals surface area contributed by atoms with E-state index in [1.54, 1.807) is 54.4 Å². The van der Waals surface area contributed by atoms with Gasteiger partial charge in [-0.3, -0.25) is 19.2 Å². The molecule has 4 atom stereocenters. The van der Waals surface area contributed by atoms with Crippen LogP contribution in [0.3, 0.4) is 0 Å². The fourth-order valence-corrected chi connectivity index (χ4v) is 10.1. The molecule has 0 rings (SSSR count). The maximum absolute atomic E-state index is 11.1. The number of hydrogen-bond donors (Lipinski definition) is 4. The van der Waals surface area contributed by atoms with Gasteiger partial charge in [-0.15, -0.1) is 0 Å². The molecule has 0 aliphatic carbocycles. The Hall–Kier alpha value is -1.23. The van der Waals surface area contributed by atoms with Crippen LogP contribution < -0.4 is 21.7 Å². The Morgan fingerprint density at radius 3 is 1.15 bits per heavy atom. The van der Waals surface area contributed by atoms with Gasteiger partial charge in [0.05, 0.1) is 0 Å². The first-order valence-electron chi connectivity index (χ1n) is 19.3. The lowest BCUT2D eigenvalue weighted by atomic mass is 10.1. The summed E-state index contributed by atoms with van der Waals surface area (Å²) in [7, 11) is 4.90. The van der Waals surface area contributed by atoms with Gasteiger partial charge in [-0.2, -0.15) is 23.5 Å². The maximum Gasteiger partial charge on any atom is 0.500 e. The number of nitrogens with one attached hydrogen (secondary N) is 3. The Balaban J connectivity index is -0.000000327. The summed E-state index contributed by atoms with van der Waals surface area (Å²) in [5.41, 5.74) is 5.18. The van der Waals surface area contributed by atoms with Crippen LogP contribution in [0.2, 0.25) is 12.1 Å². The molecule has 0 aliphatic rings. The number of thioether (sulfide) groups is 2. The summed E-state index contributed by atoms with van der Waals surface area (Å²) in [4.78, 5) is 43.8. The SMILES string of the molecule is CCC(C)C(=O)NC(C)C.CCC(C)C(=O)NC(C)C.CO[Si](CCCSCC(C)C(N)=O)(OC)OC.CO[Si](CCCSCC(C)NC(C)=O)(OC)OC. The van der Waals surface area contributed by atoms with Crippen LogP contribution >= 0.6 is 23.5 Å². The van der Waals surface area contributed by atoms with Gasteiger partial charge >= 0.3 is 17.6 Å². The van der Waals surface area contributed by atoms with E-state index in [-0.39, 0.29) is 59.5 Å². The van der Waals surface area contributed by atoms with E-state index in [2.05, 4.69) is 16.0 Å². The summed E-state index contributed by atoms with van der Waals surface area (Å²) in [5, 5.41) is 8.57. The predicted molar refractivity (Wildman–Crippen MR) is 234 cm³/mol. The fraction of sp³-hybridized carbons (Fsp3) is 0.892. The Morgan fingerprint density at radius 2 is 0.891 bits per heavy atom. The second kappa shape index (κ2) is 37.1. The molecule has 55 heavy (non-hydrogen) atoms. The first-order chi connectivity index (χ1) is 25.7. The van der Waals surface area contributed by atoms with Crippen molar-refractivity contribution in [1.82, 2.24) is 16.0 Å². The summed E-state index contributed by atoms with van der Waals surface area (Å²) in [5.74, 6) is 3.98. The van der Waals surface area contributed by atoms with Gasteiger partial charge in [-0.1, -0.05) is 34.6 Å². The topological polar surface area (TPSA) is 186 Å². The smallest absolute Gasteiger partial charge is 0.377 e. The van der Waals surface area contributed by atoms with Gasteiger partial charge in [0.25, 0.3) is 0 Å². The zero-order chi connectivity index (χ0) is 43.6. The van der Waals surface area contributed by atoms with Crippen LogP contribution in [-0.2, 0) is 45.7 Å². The number of primary amides is 1. The normalized spacial score (nSPS) is 13.4. The number of rotatable bonds is 26. The van der Waals surface area contributed by atoms with Crippen molar-refractivity contribution in [1.29, 1.82) is 0 Å². The molecule has 330 valence electrons. The van der Waals surface area contributed by atoms with Crippen molar-refractivity contribution in [2.24, 2.45) is 23.5 Å². The first-order valence-corrected chi connectivity index (χ1v) is 25.5. The molecule has 0 aromatic rings. The third kappa shape index (κ3) is 34.5. The molecule has 14 nitrogen and oxygen atoms in total. The lowest BCUT2D eigenvalue weighted by Gasteiger charge is -2.24.